The molecule has 1 amide bonds. The van der Waals surface area contributed by atoms with Crippen molar-refractivity contribution in [1.29, 1.82) is 0 Å². The lowest BCUT2D eigenvalue weighted by Gasteiger charge is -2.18. The molecule has 0 heterocycles. The fourth-order valence-electron chi connectivity index (χ4n) is 1.86. The van der Waals surface area contributed by atoms with Crippen LogP contribution in [-0.2, 0) is 4.79 Å². The van der Waals surface area contributed by atoms with E-state index in [2.05, 4.69) is 10.2 Å². The van der Waals surface area contributed by atoms with Crippen molar-refractivity contribution in [1.82, 2.24) is 4.90 Å². The quantitative estimate of drug-likeness (QED) is 0.619. The van der Waals surface area contributed by atoms with E-state index < -0.39 is 0 Å². The molecule has 0 radical (unpaired) electrons. The molecule has 0 aliphatic heterocycles. The number of nitrogens with two attached hydrogens (primary N) is 1. The van der Waals surface area contributed by atoms with Crippen LogP contribution >= 0.6 is 0 Å². The average Bonchev–Trinajstić information content (AvgIpc) is 2.40. The monoisotopic (exact) mass is 265 g/mol. The van der Waals surface area contributed by atoms with Crippen LogP contribution in [0.4, 0.5) is 11.4 Å². The first kappa shape index (κ1) is 15.5. The minimum Gasteiger partial charge on any atom is -0.397 e. The predicted molar refractivity (Wildman–Crippen MR) is 77.9 cm³/mol. The highest BCUT2D eigenvalue weighted by atomic mass is 16.3. The normalized spacial score (nSPS) is 10.7. The highest BCUT2D eigenvalue weighted by molar-refractivity contribution is 5.93. The summed E-state index contributed by atoms with van der Waals surface area (Å²) in [6, 6.07) is 7.22. The van der Waals surface area contributed by atoms with Gasteiger partial charge in [0, 0.05) is 13.0 Å². The van der Waals surface area contributed by atoms with Gasteiger partial charge in [0.25, 0.3) is 0 Å². The number of rotatable bonds is 8. The van der Waals surface area contributed by atoms with E-state index in [0.717, 1.165) is 19.5 Å². The number of benzene rings is 1. The Labute approximate surface area is 114 Å². The lowest BCUT2D eigenvalue weighted by Crippen LogP contribution is -2.28. The molecule has 0 atom stereocenters. The Kier molecular flexibility index (Phi) is 6.92. The summed E-state index contributed by atoms with van der Waals surface area (Å²) in [5.74, 6) is -0.0297. The Bertz CT molecular complexity index is 396. The summed E-state index contributed by atoms with van der Waals surface area (Å²) < 4.78 is 0. The number of aliphatic hydroxyl groups is 1. The van der Waals surface area contributed by atoms with Gasteiger partial charge in [-0.2, -0.15) is 0 Å². The lowest BCUT2D eigenvalue weighted by molar-refractivity contribution is -0.116. The van der Waals surface area contributed by atoms with Crippen molar-refractivity contribution < 1.29 is 9.90 Å². The molecular weight excluding hydrogens is 242 g/mol. The van der Waals surface area contributed by atoms with Crippen LogP contribution in [0.3, 0.4) is 0 Å². The van der Waals surface area contributed by atoms with Gasteiger partial charge in [0.1, 0.15) is 0 Å². The number of carbonyl (C=O) groups excluding carboxylic acids is 1. The van der Waals surface area contributed by atoms with E-state index >= 15 is 0 Å². The molecule has 1 aromatic rings. The zero-order chi connectivity index (χ0) is 14.1. The fraction of sp³-hybridized carbons (Fsp3) is 0.500. The van der Waals surface area contributed by atoms with Crippen molar-refractivity contribution in [3.8, 4) is 0 Å². The van der Waals surface area contributed by atoms with Crippen LogP contribution in [-0.4, -0.2) is 42.2 Å². The maximum atomic E-state index is 11.8. The molecule has 4 N–H and O–H groups in total. The van der Waals surface area contributed by atoms with Gasteiger partial charge in [0.15, 0.2) is 0 Å². The summed E-state index contributed by atoms with van der Waals surface area (Å²) in [5, 5.41) is 11.7. The molecule has 106 valence electrons. The molecule has 0 saturated carbocycles. The van der Waals surface area contributed by atoms with Crippen molar-refractivity contribution in [2.24, 2.45) is 0 Å². The zero-order valence-electron chi connectivity index (χ0n) is 11.4. The van der Waals surface area contributed by atoms with E-state index in [0.29, 0.717) is 24.3 Å². The number of carbonyl (C=O) groups is 1. The van der Waals surface area contributed by atoms with E-state index in [1.165, 1.54) is 0 Å². The molecule has 0 aromatic heterocycles. The van der Waals surface area contributed by atoms with E-state index in [1.54, 1.807) is 12.1 Å². The number of para-hydroxylation sites is 2. The van der Waals surface area contributed by atoms with Gasteiger partial charge in [0.2, 0.25) is 5.91 Å². The second kappa shape index (κ2) is 8.50. The van der Waals surface area contributed by atoms with Gasteiger partial charge < -0.3 is 21.1 Å². The first-order chi connectivity index (χ1) is 9.17. The molecule has 0 bridgehead atoms. The first-order valence-corrected chi connectivity index (χ1v) is 6.65. The van der Waals surface area contributed by atoms with Crippen molar-refractivity contribution >= 4 is 17.3 Å². The fourth-order valence-corrected chi connectivity index (χ4v) is 1.86. The standard InChI is InChI=1S/C14H23N3O2/c1-2-17(10-11-18)9-5-8-14(19)16-13-7-4-3-6-12(13)15/h3-4,6-7,18H,2,5,8-11,15H2,1H3,(H,16,19). The van der Waals surface area contributed by atoms with Crippen molar-refractivity contribution in [2.45, 2.75) is 19.8 Å². The Hall–Kier alpha value is -1.59. The minimum absolute atomic E-state index is 0.0297. The summed E-state index contributed by atoms with van der Waals surface area (Å²) in [4.78, 5) is 13.9. The maximum absolute atomic E-state index is 11.8. The second-order valence-corrected chi connectivity index (χ2v) is 4.40. The molecule has 5 nitrogen and oxygen atoms in total. The highest BCUT2D eigenvalue weighted by Gasteiger charge is 2.06. The Morgan fingerprint density at radius 1 is 1.37 bits per heavy atom. The third kappa shape index (κ3) is 5.72. The van der Waals surface area contributed by atoms with Crippen molar-refractivity contribution in [3.63, 3.8) is 0 Å². The number of anilines is 2. The number of nitrogen functional groups attached to an aromatic ring is 1. The van der Waals surface area contributed by atoms with Crippen LogP contribution in [0.2, 0.25) is 0 Å². The molecule has 0 spiro atoms. The summed E-state index contributed by atoms with van der Waals surface area (Å²) >= 11 is 0. The number of nitrogens with zero attached hydrogens (tertiary/aromatic N) is 1. The predicted octanol–water partition coefficient (Wildman–Crippen LogP) is 1.30. The second-order valence-electron chi connectivity index (χ2n) is 4.40. The van der Waals surface area contributed by atoms with Crippen LogP contribution in [0.1, 0.15) is 19.8 Å². The van der Waals surface area contributed by atoms with E-state index in [-0.39, 0.29) is 12.5 Å². The summed E-state index contributed by atoms with van der Waals surface area (Å²) in [6.45, 7) is 4.55. The van der Waals surface area contributed by atoms with Crippen LogP contribution in [0, 0.1) is 0 Å². The highest BCUT2D eigenvalue weighted by Crippen LogP contribution is 2.16. The number of amides is 1. The van der Waals surface area contributed by atoms with Gasteiger partial charge in [-0.1, -0.05) is 19.1 Å². The lowest BCUT2D eigenvalue weighted by atomic mass is 10.2. The topological polar surface area (TPSA) is 78.6 Å². The SMILES string of the molecule is CCN(CCO)CCCC(=O)Nc1ccccc1N. The van der Waals surface area contributed by atoms with E-state index in [9.17, 15) is 4.79 Å². The molecular formula is C14H23N3O2. The van der Waals surface area contributed by atoms with Crippen LogP contribution in [0.15, 0.2) is 24.3 Å². The van der Waals surface area contributed by atoms with Crippen LogP contribution < -0.4 is 11.1 Å². The van der Waals surface area contributed by atoms with Gasteiger partial charge in [-0.15, -0.1) is 0 Å². The van der Waals surface area contributed by atoms with Gasteiger partial charge >= 0.3 is 0 Å². The molecule has 0 fully saturated rings. The number of aliphatic hydroxyl groups excluding tert-OH is 1. The summed E-state index contributed by atoms with van der Waals surface area (Å²) in [6.07, 6.45) is 1.22. The maximum Gasteiger partial charge on any atom is 0.224 e. The minimum atomic E-state index is -0.0297. The molecule has 1 rings (SSSR count). The Morgan fingerprint density at radius 2 is 2.11 bits per heavy atom. The number of nitrogens with one attached hydrogen (secondary N) is 1. The van der Waals surface area contributed by atoms with Crippen molar-refractivity contribution in [3.05, 3.63) is 24.3 Å². The Balaban J connectivity index is 2.30. The molecule has 5 heteroatoms. The van der Waals surface area contributed by atoms with Gasteiger partial charge in [-0.3, -0.25) is 4.79 Å². The first-order valence-electron chi connectivity index (χ1n) is 6.65. The smallest absolute Gasteiger partial charge is 0.224 e. The average molecular weight is 265 g/mol. The Morgan fingerprint density at radius 3 is 2.74 bits per heavy atom. The van der Waals surface area contributed by atoms with E-state index in [4.69, 9.17) is 10.8 Å². The van der Waals surface area contributed by atoms with Gasteiger partial charge in [-0.25, -0.2) is 0 Å². The van der Waals surface area contributed by atoms with Crippen LogP contribution in [0.5, 0.6) is 0 Å². The third-order valence-corrected chi connectivity index (χ3v) is 2.98. The number of hydrogen-bond acceptors (Lipinski definition) is 4. The molecule has 19 heavy (non-hydrogen) atoms. The summed E-state index contributed by atoms with van der Waals surface area (Å²) in [7, 11) is 0. The molecule has 0 saturated heterocycles. The van der Waals surface area contributed by atoms with Gasteiger partial charge in [0.05, 0.1) is 18.0 Å². The molecule has 0 aliphatic carbocycles. The summed E-state index contributed by atoms with van der Waals surface area (Å²) in [5.41, 5.74) is 6.99. The molecule has 0 unspecified atom stereocenters. The zero-order valence-corrected chi connectivity index (χ0v) is 11.4. The third-order valence-electron chi connectivity index (χ3n) is 2.98. The molecule has 1 aromatic carbocycles. The van der Waals surface area contributed by atoms with E-state index in [1.807, 2.05) is 19.1 Å². The van der Waals surface area contributed by atoms with Crippen molar-refractivity contribution in [2.75, 3.05) is 37.3 Å². The molecule has 0 aliphatic rings. The largest absolute Gasteiger partial charge is 0.397 e. The van der Waals surface area contributed by atoms with Crippen LogP contribution in [0.25, 0.3) is 0 Å². The number of likely N-dealkylation sites (N-methyl/N-ethyl adjacent to an activating group) is 1. The number of hydrogen-bond donors (Lipinski definition) is 3. The van der Waals surface area contributed by atoms with Gasteiger partial charge in [-0.05, 0) is 31.6 Å².